The fourth-order valence-corrected chi connectivity index (χ4v) is 3.42. The number of alkyl halides is 1. The monoisotopic (exact) mass is 280 g/mol. The Labute approximate surface area is 109 Å². The van der Waals surface area contributed by atoms with Gasteiger partial charge in [-0.2, -0.15) is 0 Å². The van der Waals surface area contributed by atoms with Gasteiger partial charge in [-0.3, -0.25) is 0 Å². The highest BCUT2D eigenvalue weighted by Crippen LogP contribution is 2.33. The Bertz CT molecular complexity index is 372. The molecule has 0 amide bonds. The summed E-state index contributed by atoms with van der Waals surface area (Å²) in [6.07, 6.45) is 1.28. The number of nitrogens with zero attached hydrogens (tertiary/aromatic N) is 2. The van der Waals surface area contributed by atoms with Crippen molar-refractivity contribution in [3.8, 4) is 0 Å². The van der Waals surface area contributed by atoms with E-state index in [0.29, 0.717) is 17.1 Å². The van der Waals surface area contributed by atoms with E-state index in [2.05, 4.69) is 16.8 Å². The smallest absolute Gasteiger partial charge is 0.187 e. The van der Waals surface area contributed by atoms with Crippen LogP contribution in [0.1, 0.15) is 18.2 Å². The van der Waals surface area contributed by atoms with Crippen LogP contribution in [0.4, 0.5) is 5.13 Å². The molecule has 1 saturated heterocycles. The molecule has 0 aromatic carbocycles. The van der Waals surface area contributed by atoms with Crippen LogP contribution in [0.15, 0.2) is 0 Å². The fourth-order valence-electron chi connectivity index (χ4n) is 1.93. The Hall–Kier alpha value is -0.0300. The topological polar surface area (TPSA) is 25.4 Å². The van der Waals surface area contributed by atoms with Gasteiger partial charge in [-0.25, -0.2) is 4.98 Å². The van der Waals surface area contributed by atoms with Gasteiger partial charge >= 0.3 is 0 Å². The number of halogens is 2. The highest BCUT2D eigenvalue weighted by molar-refractivity contribution is 7.16. The lowest BCUT2D eigenvalue weighted by Gasteiger charge is -2.25. The number of hydrogen-bond acceptors (Lipinski definition) is 4. The van der Waals surface area contributed by atoms with Gasteiger partial charge in [-0.05, 0) is 13.3 Å². The van der Waals surface area contributed by atoms with Crippen LogP contribution in [0.3, 0.4) is 0 Å². The maximum absolute atomic E-state index is 5.99. The molecule has 2 rings (SSSR count). The van der Waals surface area contributed by atoms with Crippen LogP contribution in [0.2, 0.25) is 5.15 Å². The first-order chi connectivity index (χ1) is 7.63. The normalized spacial score (nSPS) is 25.0. The second-order valence-corrected chi connectivity index (χ2v) is 5.57. The average Bonchev–Trinajstić information content (AvgIpc) is 2.83. The minimum atomic E-state index is 0.243. The van der Waals surface area contributed by atoms with Gasteiger partial charge < -0.3 is 9.64 Å². The molecule has 1 aromatic rings. The molecule has 1 aromatic heterocycles. The molecular formula is C10H14Cl2N2OS. The van der Waals surface area contributed by atoms with Crippen molar-refractivity contribution < 1.29 is 4.74 Å². The molecule has 2 atom stereocenters. The molecule has 0 aliphatic carbocycles. The van der Waals surface area contributed by atoms with Crippen LogP contribution < -0.4 is 4.90 Å². The van der Waals surface area contributed by atoms with Gasteiger partial charge in [-0.15, -0.1) is 11.6 Å². The molecular weight excluding hydrogens is 267 g/mol. The minimum absolute atomic E-state index is 0.243. The van der Waals surface area contributed by atoms with E-state index in [1.54, 1.807) is 11.3 Å². The Morgan fingerprint density at radius 2 is 2.38 bits per heavy atom. The number of ether oxygens (including phenoxy) is 1. The van der Waals surface area contributed by atoms with Crippen molar-refractivity contribution in [2.24, 2.45) is 0 Å². The van der Waals surface area contributed by atoms with Crippen molar-refractivity contribution in [2.45, 2.75) is 31.4 Å². The summed E-state index contributed by atoms with van der Waals surface area (Å²) in [5, 5.41) is 1.44. The van der Waals surface area contributed by atoms with Gasteiger partial charge in [0.15, 0.2) is 5.13 Å². The lowest BCUT2D eigenvalue weighted by atomic mass is 10.1. The van der Waals surface area contributed by atoms with Crippen molar-refractivity contribution in [3.05, 3.63) is 10.0 Å². The van der Waals surface area contributed by atoms with E-state index in [9.17, 15) is 0 Å². The third-order valence-corrected chi connectivity index (χ3v) is 4.89. The number of anilines is 1. The quantitative estimate of drug-likeness (QED) is 0.796. The van der Waals surface area contributed by atoms with Crippen LogP contribution in [0, 0.1) is 0 Å². The average molecular weight is 281 g/mol. The zero-order valence-corrected chi connectivity index (χ0v) is 11.6. The number of hydrogen-bond donors (Lipinski definition) is 0. The zero-order valence-electron chi connectivity index (χ0n) is 9.24. The number of likely N-dealkylation sites (N-methyl/N-ethyl adjacent to an activating group) is 1. The van der Waals surface area contributed by atoms with Gasteiger partial charge in [0.2, 0.25) is 0 Å². The molecule has 1 fully saturated rings. The van der Waals surface area contributed by atoms with E-state index < -0.39 is 0 Å². The highest BCUT2D eigenvalue weighted by atomic mass is 35.5. The van der Waals surface area contributed by atoms with Gasteiger partial charge in [-0.1, -0.05) is 22.9 Å². The summed E-state index contributed by atoms with van der Waals surface area (Å²) in [6, 6.07) is 0.380. The first-order valence-electron chi connectivity index (χ1n) is 5.19. The van der Waals surface area contributed by atoms with E-state index in [0.717, 1.165) is 23.0 Å². The largest absolute Gasteiger partial charge is 0.376 e. The fraction of sp³-hybridized carbons (Fsp3) is 0.700. The van der Waals surface area contributed by atoms with Crippen molar-refractivity contribution in [3.63, 3.8) is 0 Å². The Morgan fingerprint density at radius 3 is 2.88 bits per heavy atom. The lowest BCUT2D eigenvalue weighted by Crippen LogP contribution is -2.36. The maximum atomic E-state index is 5.99. The van der Waals surface area contributed by atoms with Crippen LogP contribution in [-0.4, -0.2) is 30.8 Å². The molecule has 1 aliphatic rings. The number of rotatable bonds is 3. The second-order valence-electron chi connectivity index (χ2n) is 3.89. The van der Waals surface area contributed by atoms with Gasteiger partial charge in [0, 0.05) is 13.7 Å². The summed E-state index contributed by atoms with van der Waals surface area (Å²) >= 11 is 13.3. The minimum Gasteiger partial charge on any atom is -0.376 e. The van der Waals surface area contributed by atoms with Gasteiger partial charge in [0.05, 0.1) is 22.9 Å². The Balaban J connectivity index is 2.16. The molecule has 3 nitrogen and oxygen atoms in total. The summed E-state index contributed by atoms with van der Waals surface area (Å²) in [4.78, 5) is 7.40. The summed E-state index contributed by atoms with van der Waals surface area (Å²) in [6.45, 7) is 2.91. The molecule has 90 valence electrons. The Kier molecular flexibility index (Phi) is 3.95. The van der Waals surface area contributed by atoms with E-state index in [4.69, 9.17) is 27.9 Å². The van der Waals surface area contributed by atoms with Crippen LogP contribution >= 0.6 is 34.5 Å². The second kappa shape index (κ2) is 5.08. The molecule has 0 radical (unpaired) electrons. The molecule has 16 heavy (non-hydrogen) atoms. The van der Waals surface area contributed by atoms with Gasteiger partial charge in [0.1, 0.15) is 5.15 Å². The summed E-state index contributed by atoms with van der Waals surface area (Å²) in [7, 11) is 2.03. The SMILES string of the molecule is CC1OCCC1N(C)c1nc(Cl)c(CCl)s1. The number of aromatic nitrogens is 1. The van der Waals surface area contributed by atoms with Gasteiger partial charge in [0.25, 0.3) is 0 Å². The molecule has 0 bridgehead atoms. The van der Waals surface area contributed by atoms with E-state index >= 15 is 0 Å². The van der Waals surface area contributed by atoms with Crippen molar-refractivity contribution >= 4 is 39.7 Å². The van der Waals surface area contributed by atoms with E-state index in [1.807, 2.05) is 7.05 Å². The summed E-state index contributed by atoms with van der Waals surface area (Å²) in [5.41, 5.74) is 0. The van der Waals surface area contributed by atoms with Crippen molar-refractivity contribution in [1.82, 2.24) is 4.98 Å². The molecule has 2 unspecified atom stereocenters. The predicted octanol–water partition coefficient (Wildman–Crippen LogP) is 3.15. The van der Waals surface area contributed by atoms with Crippen LogP contribution in [-0.2, 0) is 10.6 Å². The number of thiazole rings is 1. The van der Waals surface area contributed by atoms with E-state index in [1.165, 1.54) is 0 Å². The molecule has 0 saturated carbocycles. The molecule has 6 heteroatoms. The first kappa shape index (κ1) is 12.4. The maximum Gasteiger partial charge on any atom is 0.187 e. The first-order valence-corrected chi connectivity index (χ1v) is 6.92. The van der Waals surface area contributed by atoms with Crippen LogP contribution in [0.5, 0.6) is 0 Å². The zero-order chi connectivity index (χ0) is 11.7. The summed E-state index contributed by atoms with van der Waals surface area (Å²) in [5.74, 6) is 0.418. The molecule has 0 N–H and O–H groups in total. The highest BCUT2D eigenvalue weighted by Gasteiger charge is 2.29. The lowest BCUT2D eigenvalue weighted by molar-refractivity contribution is 0.118. The Morgan fingerprint density at radius 1 is 1.62 bits per heavy atom. The summed E-state index contributed by atoms with van der Waals surface area (Å²) < 4.78 is 5.55. The van der Waals surface area contributed by atoms with E-state index in [-0.39, 0.29) is 6.10 Å². The third kappa shape index (κ3) is 2.30. The standard InChI is InChI=1S/C10H14Cl2N2OS/c1-6-7(3-4-15-6)14(2)10-13-9(12)8(5-11)16-10/h6-7H,3-5H2,1-2H3. The van der Waals surface area contributed by atoms with Crippen molar-refractivity contribution in [1.29, 1.82) is 0 Å². The molecule has 1 aliphatic heterocycles. The molecule has 0 spiro atoms. The third-order valence-electron chi connectivity index (χ3n) is 2.90. The molecule has 2 heterocycles. The van der Waals surface area contributed by atoms with Crippen LogP contribution in [0.25, 0.3) is 0 Å². The predicted molar refractivity (Wildman–Crippen MR) is 68.9 cm³/mol. The van der Waals surface area contributed by atoms with Crippen molar-refractivity contribution in [2.75, 3.05) is 18.6 Å².